The predicted octanol–water partition coefficient (Wildman–Crippen LogP) is 5.37. The van der Waals surface area contributed by atoms with Crippen LogP contribution in [-0.4, -0.2) is 38.9 Å². The van der Waals surface area contributed by atoms with Gasteiger partial charge in [0.25, 0.3) is 0 Å². The zero-order valence-corrected chi connectivity index (χ0v) is 22.0. The zero-order chi connectivity index (χ0) is 24.3. The summed E-state index contributed by atoms with van der Waals surface area (Å²) in [6.45, 7) is 13.4. The molecule has 3 N–H and O–H groups in total. The van der Waals surface area contributed by atoms with Gasteiger partial charge in [-0.1, -0.05) is 41.0 Å². The second-order valence-electron chi connectivity index (χ2n) is 13.6. The molecule has 0 spiro atoms. The van der Waals surface area contributed by atoms with Crippen LogP contribution in [0.4, 0.5) is 0 Å². The highest BCUT2D eigenvalue weighted by atomic mass is 16.3. The van der Waals surface area contributed by atoms with Crippen molar-refractivity contribution in [1.82, 2.24) is 0 Å². The Balaban J connectivity index is 1.59. The quantitative estimate of drug-likeness (QED) is 0.496. The third-order valence-electron chi connectivity index (χ3n) is 11.8. The van der Waals surface area contributed by atoms with E-state index < -0.39 is 17.8 Å². The van der Waals surface area contributed by atoms with Crippen LogP contribution in [0.2, 0.25) is 0 Å². The highest BCUT2D eigenvalue weighted by Crippen LogP contribution is 2.68. The van der Waals surface area contributed by atoms with Gasteiger partial charge < -0.3 is 15.3 Å². The van der Waals surface area contributed by atoms with Gasteiger partial charge in [-0.05, 0) is 98.7 Å². The van der Waals surface area contributed by atoms with Gasteiger partial charge in [0, 0.05) is 18.3 Å². The van der Waals surface area contributed by atoms with Crippen molar-refractivity contribution in [3.05, 3.63) is 0 Å². The van der Waals surface area contributed by atoms with E-state index in [2.05, 4.69) is 34.6 Å². The third-order valence-corrected chi connectivity index (χ3v) is 11.8. The van der Waals surface area contributed by atoms with Crippen molar-refractivity contribution in [3.8, 4) is 0 Å². The number of fused-ring (bicyclic) bond motifs is 5. The molecule has 33 heavy (non-hydrogen) atoms. The number of hydrogen-bond acceptors (Lipinski definition) is 4. The largest absolute Gasteiger partial charge is 0.393 e. The van der Waals surface area contributed by atoms with Crippen molar-refractivity contribution in [2.45, 2.75) is 124 Å². The van der Waals surface area contributed by atoms with E-state index in [1.165, 1.54) is 0 Å². The Morgan fingerprint density at radius 1 is 1.12 bits per heavy atom. The molecular formula is C29H50O4. The van der Waals surface area contributed by atoms with E-state index in [1.54, 1.807) is 0 Å². The fraction of sp³-hybridized carbons (Fsp3) is 0.966. The summed E-state index contributed by atoms with van der Waals surface area (Å²) in [4.78, 5) is 12.2. The summed E-state index contributed by atoms with van der Waals surface area (Å²) in [5.74, 6) is 2.55. The molecule has 4 heteroatoms. The molecule has 0 bridgehead atoms. The minimum Gasteiger partial charge on any atom is -0.393 e. The lowest BCUT2D eigenvalue weighted by Crippen LogP contribution is -2.63. The van der Waals surface area contributed by atoms with Crippen LogP contribution in [-0.2, 0) is 4.79 Å². The number of aliphatic hydroxyl groups excluding tert-OH is 2. The van der Waals surface area contributed by atoms with Crippen LogP contribution in [0.5, 0.6) is 0 Å². The van der Waals surface area contributed by atoms with Crippen LogP contribution in [0.15, 0.2) is 0 Å². The minimum absolute atomic E-state index is 0.0341. The number of rotatable bonds is 6. The Bertz CT molecular complexity index is 731. The first-order chi connectivity index (χ1) is 15.4. The van der Waals surface area contributed by atoms with Crippen molar-refractivity contribution < 1.29 is 20.1 Å². The maximum Gasteiger partial charge on any atom is 0.133 e. The van der Waals surface area contributed by atoms with Crippen molar-refractivity contribution in [1.29, 1.82) is 0 Å². The van der Waals surface area contributed by atoms with Gasteiger partial charge in [-0.25, -0.2) is 0 Å². The molecule has 0 heterocycles. The molecule has 0 aliphatic heterocycles. The summed E-state index contributed by atoms with van der Waals surface area (Å²) in [6, 6.07) is 0. The fourth-order valence-corrected chi connectivity index (χ4v) is 9.64. The van der Waals surface area contributed by atoms with Crippen LogP contribution in [0.1, 0.15) is 106 Å². The Hall–Kier alpha value is -0.450. The number of carbonyl (C=O) groups excluding carboxylic acids is 1. The summed E-state index contributed by atoms with van der Waals surface area (Å²) >= 11 is 0. The zero-order valence-electron chi connectivity index (χ0n) is 22.0. The molecule has 0 aromatic heterocycles. The van der Waals surface area contributed by atoms with E-state index in [4.69, 9.17) is 0 Å². The molecule has 4 saturated carbocycles. The minimum atomic E-state index is -0.803. The Labute approximate surface area is 201 Å². The second kappa shape index (κ2) is 8.89. The molecule has 4 aliphatic carbocycles. The molecule has 4 rings (SSSR count). The summed E-state index contributed by atoms with van der Waals surface area (Å²) in [6.07, 6.45) is 7.56. The molecule has 0 aromatic rings. The monoisotopic (exact) mass is 462 g/mol. The number of ketones is 1. The maximum absolute atomic E-state index is 12.2. The van der Waals surface area contributed by atoms with Crippen molar-refractivity contribution >= 4 is 5.78 Å². The Kier molecular flexibility index (Phi) is 6.91. The predicted molar refractivity (Wildman–Crippen MR) is 131 cm³/mol. The summed E-state index contributed by atoms with van der Waals surface area (Å²) in [5.41, 5.74) is -1.13. The summed E-state index contributed by atoms with van der Waals surface area (Å²) < 4.78 is 0. The highest BCUT2D eigenvalue weighted by molar-refractivity contribution is 5.79. The number of aliphatic hydroxyl groups is 3. The second-order valence-corrected chi connectivity index (χ2v) is 13.6. The molecule has 4 fully saturated rings. The normalized spacial score (nSPS) is 48.1. The lowest BCUT2D eigenvalue weighted by atomic mass is 9.43. The topological polar surface area (TPSA) is 77.8 Å². The van der Waals surface area contributed by atoms with Crippen LogP contribution in [0.25, 0.3) is 0 Å². The molecule has 0 aromatic carbocycles. The summed E-state index contributed by atoms with van der Waals surface area (Å²) in [5, 5.41) is 34.9. The van der Waals surface area contributed by atoms with Crippen LogP contribution < -0.4 is 0 Å². The van der Waals surface area contributed by atoms with Gasteiger partial charge in [-0.15, -0.1) is 0 Å². The number of carbonyl (C=O) groups is 1. The van der Waals surface area contributed by atoms with E-state index >= 15 is 0 Å². The molecule has 0 saturated heterocycles. The molecule has 0 amide bonds. The number of Topliss-reactive ketones (excluding diaryl/α,β-unsaturated/α-hetero) is 1. The molecular weight excluding hydrogens is 412 g/mol. The van der Waals surface area contributed by atoms with Gasteiger partial charge in [-0.3, -0.25) is 4.79 Å². The summed E-state index contributed by atoms with van der Waals surface area (Å²) in [7, 11) is 0. The van der Waals surface area contributed by atoms with E-state index in [0.29, 0.717) is 36.9 Å². The highest BCUT2D eigenvalue weighted by Gasteiger charge is 2.67. The first kappa shape index (κ1) is 25.6. The molecule has 4 aliphatic rings. The number of hydrogen-bond donors (Lipinski definition) is 3. The first-order valence-electron chi connectivity index (χ1n) is 14.0. The van der Waals surface area contributed by atoms with Crippen LogP contribution in [0, 0.1) is 52.3 Å². The average Bonchev–Trinajstić information content (AvgIpc) is 3.10. The van der Waals surface area contributed by atoms with E-state index in [1.807, 2.05) is 6.92 Å². The SMILES string of the molecule is CC[C@H](CC[C@](C)(O)[C@H]1CC[C@H]2[C@@H]3[C@H](O)C[C@H]4CC(=O)CC[C@]4(C)[C@H]3C[C@@H](O)[C@@]21C)C(C)C. The van der Waals surface area contributed by atoms with Gasteiger partial charge in [0.15, 0.2) is 0 Å². The first-order valence-corrected chi connectivity index (χ1v) is 14.0. The average molecular weight is 463 g/mol. The molecule has 190 valence electrons. The van der Waals surface area contributed by atoms with Crippen molar-refractivity contribution in [3.63, 3.8) is 0 Å². The van der Waals surface area contributed by atoms with Crippen molar-refractivity contribution in [2.24, 2.45) is 52.3 Å². The van der Waals surface area contributed by atoms with Gasteiger partial charge >= 0.3 is 0 Å². The van der Waals surface area contributed by atoms with Gasteiger partial charge in [0.05, 0.1) is 17.8 Å². The molecule has 4 nitrogen and oxygen atoms in total. The lowest BCUT2D eigenvalue weighted by Gasteiger charge is -2.63. The van der Waals surface area contributed by atoms with E-state index in [-0.39, 0.29) is 40.4 Å². The molecule has 11 atom stereocenters. The Morgan fingerprint density at radius 2 is 1.82 bits per heavy atom. The fourth-order valence-electron chi connectivity index (χ4n) is 9.64. The standard InChI is InChI=1S/C29H50O4/c1-7-18(17(2)3)10-13-28(5,33)24-9-8-21-26-22(16-25(32)29(21,24)6)27(4)12-11-20(30)14-19(27)15-23(26)31/h17-19,21-26,31-33H,7-16H2,1-6H3/t18-,19-,21+,22+,23-,24-,25-,26+,27+,28+,29+/m1/s1. The van der Waals surface area contributed by atoms with Crippen LogP contribution in [0.3, 0.4) is 0 Å². The maximum atomic E-state index is 12.2. The van der Waals surface area contributed by atoms with Gasteiger partial charge in [0.2, 0.25) is 0 Å². The van der Waals surface area contributed by atoms with E-state index in [0.717, 1.165) is 44.9 Å². The molecule has 0 radical (unpaired) electrons. The van der Waals surface area contributed by atoms with Crippen molar-refractivity contribution in [2.75, 3.05) is 0 Å². The lowest BCUT2D eigenvalue weighted by molar-refractivity contribution is -0.212. The Morgan fingerprint density at radius 3 is 2.45 bits per heavy atom. The molecule has 0 unspecified atom stereocenters. The van der Waals surface area contributed by atoms with Crippen LogP contribution >= 0.6 is 0 Å². The van der Waals surface area contributed by atoms with E-state index in [9.17, 15) is 20.1 Å². The van der Waals surface area contributed by atoms with Gasteiger partial charge in [-0.2, -0.15) is 0 Å². The van der Waals surface area contributed by atoms with Gasteiger partial charge in [0.1, 0.15) is 5.78 Å². The third kappa shape index (κ3) is 4.04. The smallest absolute Gasteiger partial charge is 0.133 e.